The van der Waals surface area contributed by atoms with Crippen LogP contribution in [0.15, 0.2) is 0 Å². The maximum absolute atomic E-state index is 12.7. The summed E-state index contributed by atoms with van der Waals surface area (Å²) in [7, 11) is 0. The minimum atomic E-state index is -1.53. The molecular weight excluding hydrogens is 137 g/mol. The van der Waals surface area contributed by atoms with Crippen molar-refractivity contribution in [3.05, 3.63) is 0 Å². The maximum Gasteiger partial charge on any atom is 0.252 e. The van der Waals surface area contributed by atoms with Crippen LogP contribution in [0.2, 0.25) is 0 Å². The van der Waals surface area contributed by atoms with E-state index in [1.165, 1.54) is 0 Å². The van der Waals surface area contributed by atoms with Crippen LogP contribution in [0.5, 0.6) is 0 Å². The summed E-state index contributed by atoms with van der Waals surface area (Å²) in [4.78, 5) is 10.3. The molecule has 0 saturated carbocycles. The van der Waals surface area contributed by atoms with Gasteiger partial charge in [0.15, 0.2) is 6.17 Å². The lowest BCUT2D eigenvalue weighted by Gasteiger charge is -2.08. The number of hydrogen-bond acceptors (Lipinski definition) is 2. The highest BCUT2D eigenvalue weighted by Gasteiger charge is 2.29. The second kappa shape index (κ2) is 2.96. The molecule has 0 spiro atoms. The first-order valence-electron chi connectivity index (χ1n) is 3.23. The molecule has 1 rings (SSSR count). The van der Waals surface area contributed by atoms with Crippen LogP contribution in [0, 0.1) is 5.92 Å². The predicted octanol–water partition coefficient (Wildman–Crippen LogP) is -0.154. The Morgan fingerprint density at radius 1 is 1.80 bits per heavy atom. The van der Waals surface area contributed by atoms with E-state index in [1.807, 2.05) is 0 Å². The third kappa shape index (κ3) is 1.44. The highest BCUT2D eigenvalue weighted by atomic mass is 19.1. The van der Waals surface area contributed by atoms with Gasteiger partial charge in [-0.1, -0.05) is 0 Å². The van der Waals surface area contributed by atoms with Crippen LogP contribution >= 0.6 is 0 Å². The van der Waals surface area contributed by atoms with Gasteiger partial charge in [-0.3, -0.25) is 4.79 Å². The Morgan fingerprint density at radius 2 is 2.50 bits per heavy atom. The minimum Gasteiger partial charge on any atom is -0.381 e. The molecule has 0 radical (unpaired) electrons. The summed E-state index contributed by atoms with van der Waals surface area (Å²) in [6, 6.07) is 0. The van der Waals surface area contributed by atoms with Crippen molar-refractivity contribution in [1.82, 2.24) is 0 Å². The smallest absolute Gasteiger partial charge is 0.252 e. The number of carbonyl (C=O) groups is 1. The third-order valence-corrected chi connectivity index (χ3v) is 1.65. The van der Waals surface area contributed by atoms with Gasteiger partial charge >= 0.3 is 0 Å². The molecule has 1 saturated heterocycles. The molecule has 3 nitrogen and oxygen atoms in total. The average molecular weight is 147 g/mol. The summed E-state index contributed by atoms with van der Waals surface area (Å²) in [5.41, 5.74) is 4.75. The van der Waals surface area contributed by atoms with Gasteiger partial charge in [0.05, 0.1) is 6.61 Å². The van der Waals surface area contributed by atoms with Gasteiger partial charge < -0.3 is 10.5 Å². The van der Waals surface area contributed by atoms with Gasteiger partial charge in [0.25, 0.3) is 5.91 Å². The Kier molecular flexibility index (Phi) is 2.21. The van der Waals surface area contributed by atoms with Gasteiger partial charge in [-0.15, -0.1) is 0 Å². The fourth-order valence-corrected chi connectivity index (χ4v) is 1.02. The number of hydrogen-bond donors (Lipinski definition) is 1. The molecule has 1 heterocycles. The van der Waals surface area contributed by atoms with Crippen molar-refractivity contribution < 1.29 is 13.9 Å². The Labute approximate surface area is 58.3 Å². The van der Waals surface area contributed by atoms with Gasteiger partial charge in [-0.25, -0.2) is 4.39 Å². The molecule has 1 amide bonds. The minimum absolute atomic E-state index is 0.308. The van der Waals surface area contributed by atoms with Crippen molar-refractivity contribution in [2.45, 2.75) is 12.6 Å². The standard InChI is InChI=1S/C6H10FNO2/c7-5(6(8)9)4-1-2-10-3-4/h4-5H,1-3H2,(H2,8,9). The number of nitrogens with two attached hydrogens (primary N) is 1. The number of halogens is 1. The molecule has 10 heavy (non-hydrogen) atoms. The fraction of sp³-hybridized carbons (Fsp3) is 0.833. The van der Waals surface area contributed by atoms with Crippen molar-refractivity contribution in [2.75, 3.05) is 13.2 Å². The molecule has 1 aliphatic heterocycles. The first-order valence-corrected chi connectivity index (χ1v) is 3.23. The summed E-state index contributed by atoms with van der Waals surface area (Å²) in [6.45, 7) is 0.864. The summed E-state index contributed by atoms with van der Waals surface area (Å²) in [5, 5.41) is 0. The lowest BCUT2D eigenvalue weighted by molar-refractivity contribution is -0.124. The quantitative estimate of drug-likeness (QED) is 0.590. The summed E-state index contributed by atoms with van der Waals surface area (Å²) >= 11 is 0. The molecule has 1 fully saturated rings. The van der Waals surface area contributed by atoms with Gasteiger partial charge in [-0.2, -0.15) is 0 Å². The van der Waals surface area contributed by atoms with Gasteiger partial charge in [0.1, 0.15) is 0 Å². The summed E-state index contributed by atoms with van der Waals surface area (Å²) in [5.74, 6) is -1.19. The molecule has 0 aromatic heterocycles. The fourth-order valence-electron chi connectivity index (χ4n) is 1.02. The lowest BCUT2D eigenvalue weighted by atomic mass is 10.0. The number of alkyl halides is 1. The zero-order valence-corrected chi connectivity index (χ0v) is 5.55. The van der Waals surface area contributed by atoms with Crippen molar-refractivity contribution in [2.24, 2.45) is 11.7 Å². The number of carbonyl (C=O) groups excluding carboxylic acids is 1. The van der Waals surface area contributed by atoms with E-state index in [9.17, 15) is 9.18 Å². The molecule has 2 unspecified atom stereocenters. The van der Waals surface area contributed by atoms with Crippen LogP contribution in [0.3, 0.4) is 0 Å². The van der Waals surface area contributed by atoms with E-state index in [4.69, 9.17) is 10.5 Å². The molecule has 0 aromatic rings. The van der Waals surface area contributed by atoms with Crippen LogP contribution in [-0.4, -0.2) is 25.3 Å². The Bertz CT molecular complexity index is 134. The van der Waals surface area contributed by atoms with Crippen LogP contribution in [-0.2, 0) is 9.53 Å². The molecule has 58 valence electrons. The monoisotopic (exact) mass is 147 g/mol. The highest BCUT2D eigenvalue weighted by Crippen LogP contribution is 2.18. The number of ether oxygens (including phenoxy) is 1. The number of primary amides is 1. The maximum atomic E-state index is 12.7. The molecule has 0 aliphatic carbocycles. The Balaban J connectivity index is 2.39. The zero-order valence-electron chi connectivity index (χ0n) is 5.55. The lowest BCUT2D eigenvalue weighted by Crippen LogP contribution is -2.31. The largest absolute Gasteiger partial charge is 0.381 e. The highest BCUT2D eigenvalue weighted by molar-refractivity contribution is 5.79. The predicted molar refractivity (Wildman–Crippen MR) is 33.0 cm³/mol. The van der Waals surface area contributed by atoms with E-state index in [0.717, 1.165) is 0 Å². The Hall–Kier alpha value is -0.640. The molecule has 0 aromatic carbocycles. The number of rotatable bonds is 2. The first-order chi connectivity index (χ1) is 4.72. The molecule has 0 bridgehead atoms. The van der Waals surface area contributed by atoms with Crippen molar-refractivity contribution >= 4 is 5.91 Å². The molecule has 4 heteroatoms. The van der Waals surface area contributed by atoms with Crippen molar-refractivity contribution in [3.8, 4) is 0 Å². The van der Waals surface area contributed by atoms with Crippen LogP contribution in [0.1, 0.15) is 6.42 Å². The normalized spacial score (nSPS) is 28.3. The van der Waals surface area contributed by atoms with Crippen LogP contribution in [0.25, 0.3) is 0 Å². The van der Waals surface area contributed by atoms with E-state index in [2.05, 4.69) is 0 Å². The van der Waals surface area contributed by atoms with E-state index >= 15 is 0 Å². The first kappa shape index (κ1) is 7.47. The van der Waals surface area contributed by atoms with E-state index in [0.29, 0.717) is 19.6 Å². The third-order valence-electron chi connectivity index (χ3n) is 1.65. The van der Waals surface area contributed by atoms with Crippen molar-refractivity contribution in [3.63, 3.8) is 0 Å². The Morgan fingerprint density at radius 3 is 2.90 bits per heavy atom. The molecule has 2 atom stereocenters. The summed E-state index contributed by atoms with van der Waals surface area (Å²) in [6.07, 6.45) is -0.924. The van der Waals surface area contributed by atoms with Gasteiger partial charge in [-0.05, 0) is 6.42 Å². The van der Waals surface area contributed by atoms with Gasteiger partial charge in [0.2, 0.25) is 0 Å². The molecule has 2 N–H and O–H groups in total. The number of amides is 1. The molecular formula is C6H10FNO2. The van der Waals surface area contributed by atoms with Gasteiger partial charge in [0, 0.05) is 12.5 Å². The summed E-state index contributed by atoms with van der Waals surface area (Å²) < 4.78 is 17.6. The second-order valence-electron chi connectivity index (χ2n) is 2.43. The molecule has 1 aliphatic rings. The van der Waals surface area contributed by atoms with E-state index < -0.39 is 12.1 Å². The second-order valence-corrected chi connectivity index (χ2v) is 2.43. The zero-order chi connectivity index (χ0) is 7.56. The van der Waals surface area contributed by atoms with E-state index in [-0.39, 0.29) is 5.92 Å². The van der Waals surface area contributed by atoms with Crippen LogP contribution in [0.4, 0.5) is 4.39 Å². The van der Waals surface area contributed by atoms with E-state index in [1.54, 1.807) is 0 Å². The van der Waals surface area contributed by atoms with Crippen molar-refractivity contribution in [1.29, 1.82) is 0 Å². The topological polar surface area (TPSA) is 52.3 Å². The SMILES string of the molecule is NC(=O)C(F)C1CCOC1. The average Bonchev–Trinajstić information content (AvgIpc) is 2.36. The van der Waals surface area contributed by atoms with Crippen LogP contribution < -0.4 is 5.73 Å².